The van der Waals surface area contributed by atoms with E-state index in [1.165, 1.54) is 25.3 Å². The molecule has 1 atom stereocenters. The predicted molar refractivity (Wildman–Crippen MR) is 73.7 cm³/mol. The van der Waals surface area contributed by atoms with Crippen LogP contribution in [-0.4, -0.2) is 18.0 Å². The summed E-state index contributed by atoms with van der Waals surface area (Å²) in [6, 6.07) is 6.78. The van der Waals surface area contributed by atoms with Crippen LogP contribution in [0.4, 0.5) is 18.9 Å². The molecule has 0 fully saturated rings. The number of carbonyl (C=O) groups excluding carboxylic acids is 2. The minimum Gasteiger partial charge on any atom is -0.457 e. The van der Waals surface area contributed by atoms with Crippen LogP contribution >= 0.6 is 0 Å². The Morgan fingerprint density at radius 1 is 1.17 bits per heavy atom. The van der Waals surface area contributed by atoms with Crippen LogP contribution in [0.5, 0.6) is 0 Å². The van der Waals surface area contributed by atoms with E-state index in [9.17, 15) is 22.8 Å². The lowest BCUT2D eigenvalue weighted by atomic mass is 10.2. The first-order valence-corrected chi connectivity index (χ1v) is 6.50. The molecule has 0 saturated carbocycles. The van der Waals surface area contributed by atoms with Gasteiger partial charge in [-0.05, 0) is 43.3 Å². The lowest BCUT2D eigenvalue weighted by Crippen LogP contribution is -2.29. The summed E-state index contributed by atoms with van der Waals surface area (Å²) < 4.78 is 47.0. The zero-order chi connectivity index (χ0) is 17.0. The summed E-state index contributed by atoms with van der Waals surface area (Å²) in [6.07, 6.45) is -4.31. The molecule has 5 nitrogen and oxygen atoms in total. The number of nitrogens with one attached hydrogen (secondary N) is 1. The number of rotatable bonds is 4. The second kappa shape index (κ2) is 6.55. The van der Waals surface area contributed by atoms with E-state index in [0.717, 1.165) is 24.3 Å². The number of anilines is 1. The van der Waals surface area contributed by atoms with Crippen molar-refractivity contribution in [2.45, 2.75) is 19.2 Å². The normalized spacial score (nSPS) is 12.5. The van der Waals surface area contributed by atoms with Gasteiger partial charge in [0.15, 0.2) is 6.10 Å². The molecule has 1 heterocycles. The number of alkyl halides is 3. The third kappa shape index (κ3) is 4.35. The van der Waals surface area contributed by atoms with Crippen molar-refractivity contribution >= 4 is 17.6 Å². The van der Waals surface area contributed by atoms with Crippen LogP contribution < -0.4 is 5.32 Å². The van der Waals surface area contributed by atoms with Gasteiger partial charge >= 0.3 is 12.1 Å². The molecule has 0 saturated heterocycles. The van der Waals surface area contributed by atoms with E-state index >= 15 is 0 Å². The van der Waals surface area contributed by atoms with Crippen LogP contribution in [0.3, 0.4) is 0 Å². The molecule has 2 rings (SSSR count). The van der Waals surface area contributed by atoms with Crippen molar-refractivity contribution in [2.75, 3.05) is 5.32 Å². The number of furan rings is 1. The summed E-state index contributed by atoms with van der Waals surface area (Å²) in [5.74, 6) is -1.55. The van der Waals surface area contributed by atoms with Crippen molar-refractivity contribution in [1.82, 2.24) is 0 Å². The Morgan fingerprint density at radius 2 is 1.83 bits per heavy atom. The van der Waals surface area contributed by atoms with E-state index in [4.69, 9.17) is 9.15 Å². The largest absolute Gasteiger partial charge is 0.457 e. The fraction of sp³-hybridized carbons (Fsp3) is 0.200. The number of hydrogen-bond acceptors (Lipinski definition) is 4. The van der Waals surface area contributed by atoms with E-state index in [2.05, 4.69) is 5.32 Å². The highest BCUT2D eigenvalue weighted by Crippen LogP contribution is 2.29. The van der Waals surface area contributed by atoms with Gasteiger partial charge in [-0.2, -0.15) is 13.2 Å². The molecule has 0 spiro atoms. The van der Waals surface area contributed by atoms with Gasteiger partial charge in [-0.1, -0.05) is 0 Å². The van der Waals surface area contributed by atoms with E-state index in [1.54, 1.807) is 0 Å². The summed E-state index contributed by atoms with van der Waals surface area (Å²) >= 11 is 0. The van der Waals surface area contributed by atoms with Gasteiger partial charge in [-0.25, -0.2) is 4.79 Å². The number of benzene rings is 1. The summed E-state index contributed by atoms with van der Waals surface area (Å²) in [7, 11) is 0. The topological polar surface area (TPSA) is 68.5 Å². The van der Waals surface area contributed by atoms with Gasteiger partial charge < -0.3 is 14.5 Å². The smallest absolute Gasteiger partial charge is 0.416 e. The lowest BCUT2D eigenvalue weighted by Gasteiger charge is -2.13. The summed E-state index contributed by atoms with van der Waals surface area (Å²) in [5.41, 5.74) is -0.670. The lowest BCUT2D eigenvalue weighted by molar-refractivity contribution is -0.137. The average molecular weight is 327 g/mol. The fourth-order valence-electron chi connectivity index (χ4n) is 1.65. The highest BCUT2D eigenvalue weighted by molar-refractivity contribution is 5.96. The summed E-state index contributed by atoms with van der Waals surface area (Å²) in [6.45, 7) is 1.33. The number of halogens is 3. The van der Waals surface area contributed by atoms with Crippen molar-refractivity contribution in [3.8, 4) is 0 Å². The zero-order valence-corrected chi connectivity index (χ0v) is 11.9. The van der Waals surface area contributed by atoms with Crippen molar-refractivity contribution in [3.05, 3.63) is 54.0 Å². The molecule has 0 aliphatic carbocycles. The Bertz CT molecular complexity index is 678. The summed E-state index contributed by atoms with van der Waals surface area (Å²) in [4.78, 5) is 23.5. The standard InChI is InChI=1S/C15H12F3NO4/c1-9(23-14(21)12-3-2-8-22-12)13(20)19-11-6-4-10(5-7-11)15(16,17)18/h2-9H,1H3,(H,19,20)/t9-/m0/s1. The Kier molecular flexibility index (Phi) is 4.73. The molecular weight excluding hydrogens is 315 g/mol. The van der Waals surface area contributed by atoms with Crippen LogP contribution in [0.1, 0.15) is 23.0 Å². The molecule has 8 heteroatoms. The second-order valence-electron chi connectivity index (χ2n) is 4.59. The fourth-order valence-corrected chi connectivity index (χ4v) is 1.65. The van der Waals surface area contributed by atoms with Gasteiger partial charge in [-0.15, -0.1) is 0 Å². The van der Waals surface area contributed by atoms with Gasteiger partial charge in [0.25, 0.3) is 5.91 Å². The highest BCUT2D eigenvalue weighted by Gasteiger charge is 2.30. The SMILES string of the molecule is C[C@H](OC(=O)c1ccco1)C(=O)Nc1ccc(C(F)(F)F)cc1. The van der Waals surface area contributed by atoms with Crippen molar-refractivity contribution in [1.29, 1.82) is 0 Å². The molecule has 0 aliphatic rings. The molecule has 1 N–H and O–H groups in total. The molecule has 1 amide bonds. The van der Waals surface area contributed by atoms with Gasteiger partial charge in [0, 0.05) is 5.69 Å². The Labute approximate surface area is 129 Å². The maximum absolute atomic E-state index is 12.4. The van der Waals surface area contributed by atoms with Crippen LogP contribution in [0, 0.1) is 0 Å². The summed E-state index contributed by atoms with van der Waals surface area (Å²) in [5, 5.41) is 2.36. The Morgan fingerprint density at radius 3 is 2.35 bits per heavy atom. The quantitative estimate of drug-likeness (QED) is 0.873. The number of ether oxygens (including phenoxy) is 1. The van der Waals surface area contributed by atoms with Gasteiger partial charge in [-0.3, -0.25) is 4.79 Å². The predicted octanol–water partition coefficient (Wildman–Crippen LogP) is 3.48. The maximum Gasteiger partial charge on any atom is 0.416 e. The van der Waals surface area contributed by atoms with E-state index in [0.29, 0.717) is 0 Å². The third-order valence-corrected chi connectivity index (χ3v) is 2.86. The first kappa shape index (κ1) is 16.6. The third-order valence-electron chi connectivity index (χ3n) is 2.86. The number of hydrogen-bond donors (Lipinski definition) is 1. The first-order valence-electron chi connectivity index (χ1n) is 6.50. The molecule has 2 aromatic rings. The van der Waals surface area contributed by atoms with Crippen LogP contribution in [0.15, 0.2) is 47.1 Å². The molecule has 1 aromatic heterocycles. The van der Waals surface area contributed by atoms with E-state index < -0.39 is 29.7 Å². The molecule has 122 valence electrons. The Balaban J connectivity index is 1.94. The Hall–Kier alpha value is -2.77. The second-order valence-corrected chi connectivity index (χ2v) is 4.59. The number of amides is 1. The van der Waals surface area contributed by atoms with Gasteiger partial charge in [0.2, 0.25) is 5.76 Å². The maximum atomic E-state index is 12.4. The van der Waals surface area contributed by atoms with E-state index in [-0.39, 0.29) is 11.4 Å². The minimum atomic E-state index is -4.45. The zero-order valence-electron chi connectivity index (χ0n) is 11.9. The minimum absolute atomic E-state index is 0.0563. The van der Waals surface area contributed by atoms with Gasteiger partial charge in [0.1, 0.15) is 0 Å². The molecule has 23 heavy (non-hydrogen) atoms. The van der Waals surface area contributed by atoms with Gasteiger partial charge in [0.05, 0.1) is 11.8 Å². The van der Waals surface area contributed by atoms with Crippen LogP contribution in [0.25, 0.3) is 0 Å². The van der Waals surface area contributed by atoms with Crippen LogP contribution in [-0.2, 0) is 15.7 Å². The van der Waals surface area contributed by atoms with Crippen molar-refractivity contribution in [3.63, 3.8) is 0 Å². The van der Waals surface area contributed by atoms with Crippen LogP contribution in [0.2, 0.25) is 0 Å². The molecular formula is C15H12F3NO4. The van der Waals surface area contributed by atoms with Crippen molar-refractivity contribution in [2.24, 2.45) is 0 Å². The van der Waals surface area contributed by atoms with Crippen molar-refractivity contribution < 1.29 is 31.9 Å². The molecule has 0 bridgehead atoms. The number of esters is 1. The first-order chi connectivity index (χ1) is 10.8. The molecule has 0 radical (unpaired) electrons. The number of carbonyl (C=O) groups is 2. The molecule has 0 aliphatic heterocycles. The molecule has 1 aromatic carbocycles. The highest BCUT2D eigenvalue weighted by atomic mass is 19.4. The monoisotopic (exact) mass is 327 g/mol. The molecule has 0 unspecified atom stereocenters. The van der Waals surface area contributed by atoms with E-state index in [1.807, 2.05) is 0 Å². The average Bonchev–Trinajstić information content (AvgIpc) is 3.01.